The minimum absolute atomic E-state index is 0.200. The molecule has 1 aromatic carbocycles. The summed E-state index contributed by atoms with van der Waals surface area (Å²) in [6.07, 6.45) is 3.49. The number of hydrogen-bond donors (Lipinski definition) is 1. The first kappa shape index (κ1) is 11.0. The van der Waals surface area contributed by atoms with Crippen LogP contribution in [0.3, 0.4) is 0 Å². The first-order chi connectivity index (χ1) is 7.70. The van der Waals surface area contributed by atoms with Gasteiger partial charge in [0, 0.05) is 12.1 Å². The molecule has 0 spiro atoms. The van der Waals surface area contributed by atoms with Crippen LogP contribution in [-0.4, -0.2) is 12.7 Å². The molecule has 0 heterocycles. The normalized spacial score (nSPS) is 15.6. The standard InChI is InChI=1S/C12H16FNO2/c1-2-15-11-7-12(10(14)6-9(11)13)16-8-4-3-5-8/h6-8H,2-5,14H2,1H3. The maximum atomic E-state index is 13.4. The molecule has 4 heteroatoms. The molecule has 0 amide bonds. The molecule has 0 unspecified atom stereocenters. The van der Waals surface area contributed by atoms with Gasteiger partial charge in [-0.1, -0.05) is 0 Å². The van der Waals surface area contributed by atoms with Crippen molar-refractivity contribution in [3.8, 4) is 11.5 Å². The third kappa shape index (κ3) is 2.21. The Morgan fingerprint density at radius 2 is 2.12 bits per heavy atom. The summed E-state index contributed by atoms with van der Waals surface area (Å²) in [5.74, 6) is 0.279. The molecule has 1 aliphatic carbocycles. The number of benzene rings is 1. The Morgan fingerprint density at radius 3 is 2.69 bits per heavy atom. The number of halogens is 1. The maximum absolute atomic E-state index is 13.4. The van der Waals surface area contributed by atoms with Crippen LogP contribution >= 0.6 is 0 Å². The van der Waals surface area contributed by atoms with Gasteiger partial charge in [0.1, 0.15) is 5.75 Å². The molecule has 0 radical (unpaired) electrons. The molecule has 3 nitrogen and oxygen atoms in total. The minimum Gasteiger partial charge on any atom is -0.491 e. The fourth-order valence-corrected chi connectivity index (χ4v) is 1.59. The van der Waals surface area contributed by atoms with Crippen molar-refractivity contribution in [2.45, 2.75) is 32.3 Å². The van der Waals surface area contributed by atoms with Crippen molar-refractivity contribution in [2.75, 3.05) is 12.3 Å². The second-order valence-electron chi connectivity index (χ2n) is 3.92. The Kier molecular flexibility index (Phi) is 3.17. The van der Waals surface area contributed by atoms with E-state index in [2.05, 4.69) is 0 Å². The van der Waals surface area contributed by atoms with Crippen molar-refractivity contribution < 1.29 is 13.9 Å². The zero-order valence-electron chi connectivity index (χ0n) is 9.33. The van der Waals surface area contributed by atoms with E-state index in [4.69, 9.17) is 15.2 Å². The molecule has 1 saturated carbocycles. The van der Waals surface area contributed by atoms with Crippen molar-refractivity contribution >= 4 is 5.69 Å². The van der Waals surface area contributed by atoms with E-state index in [-0.39, 0.29) is 11.9 Å². The summed E-state index contributed by atoms with van der Waals surface area (Å²) in [5.41, 5.74) is 6.02. The van der Waals surface area contributed by atoms with Crippen molar-refractivity contribution in [2.24, 2.45) is 0 Å². The third-order valence-electron chi connectivity index (χ3n) is 2.71. The van der Waals surface area contributed by atoms with E-state index in [1.54, 1.807) is 0 Å². The van der Waals surface area contributed by atoms with Gasteiger partial charge in [-0.05, 0) is 26.2 Å². The summed E-state index contributed by atoms with van der Waals surface area (Å²) in [6.45, 7) is 2.23. The topological polar surface area (TPSA) is 44.5 Å². The first-order valence-corrected chi connectivity index (χ1v) is 5.59. The second-order valence-corrected chi connectivity index (χ2v) is 3.92. The van der Waals surface area contributed by atoms with Gasteiger partial charge in [-0.25, -0.2) is 4.39 Å². The van der Waals surface area contributed by atoms with Crippen molar-refractivity contribution in [3.05, 3.63) is 17.9 Å². The van der Waals surface area contributed by atoms with Crippen LogP contribution in [0.2, 0.25) is 0 Å². The van der Waals surface area contributed by atoms with Crippen LogP contribution in [0, 0.1) is 5.82 Å². The monoisotopic (exact) mass is 225 g/mol. The molecule has 0 saturated heterocycles. The van der Waals surface area contributed by atoms with Crippen LogP contribution in [0.1, 0.15) is 26.2 Å². The molecule has 1 aromatic rings. The molecule has 0 aliphatic heterocycles. The lowest BCUT2D eigenvalue weighted by Gasteiger charge is -2.27. The smallest absolute Gasteiger partial charge is 0.167 e. The van der Waals surface area contributed by atoms with Crippen LogP contribution in [0.5, 0.6) is 11.5 Å². The minimum atomic E-state index is -0.444. The van der Waals surface area contributed by atoms with E-state index >= 15 is 0 Å². The average Bonchev–Trinajstić information content (AvgIpc) is 2.18. The summed E-state index contributed by atoms with van der Waals surface area (Å²) in [4.78, 5) is 0. The molecule has 0 bridgehead atoms. The van der Waals surface area contributed by atoms with Crippen molar-refractivity contribution in [1.29, 1.82) is 0 Å². The van der Waals surface area contributed by atoms with Crippen molar-refractivity contribution in [3.63, 3.8) is 0 Å². The van der Waals surface area contributed by atoms with E-state index in [0.29, 0.717) is 18.0 Å². The van der Waals surface area contributed by atoms with Gasteiger partial charge in [-0.3, -0.25) is 0 Å². The zero-order valence-corrected chi connectivity index (χ0v) is 9.33. The Hall–Kier alpha value is -1.45. The van der Waals surface area contributed by atoms with Crippen LogP contribution in [0.4, 0.5) is 10.1 Å². The summed E-state index contributed by atoms with van der Waals surface area (Å²) in [6, 6.07) is 2.78. The molecule has 2 N–H and O–H groups in total. The Labute approximate surface area is 94.3 Å². The molecule has 1 fully saturated rings. The molecule has 88 valence electrons. The van der Waals surface area contributed by atoms with Crippen LogP contribution in [-0.2, 0) is 0 Å². The number of hydrogen-bond acceptors (Lipinski definition) is 3. The van der Waals surface area contributed by atoms with Gasteiger partial charge in [0.25, 0.3) is 0 Å². The number of rotatable bonds is 4. The highest BCUT2D eigenvalue weighted by Crippen LogP contribution is 2.33. The lowest BCUT2D eigenvalue weighted by molar-refractivity contribution is 0.120. The average molecular weight is 225 g/mol. The second kappa shape index (κ2) is 4.60. The predicted octanol–water partition coefficient (Wildman–Crippen LogP) is 2.74. The molecule has 1 aliphatic rings. The highest BCUT2D eigenvalue weighted by atomic mass is 19.1. The fourth-order valence-electron chi connectivity index (χ4n) is 1.59. The molecular weight excluding hydrogens is 209 g/mol. The van der Waals surface area contributed by atoms with E-state index < -0.39 is 5.82 Å². The van der Waals surface area contributed by atoms with Gasteiger partial charge in [-0.2, -0.15) is 0 Å². The lowest BCUT2D eigenvalue weighted by atomic mass is 9.96. The number of nitrogen functional groups attached to an aromatic ring is 1. The van der Waals surface area contributed by atoms with Crippen LogP contribution in [0.25, 0.3) is 0 Å². The zero-order chi connectivity index (χ0) is 11.5. The summed E-state index contributed by atoms with van der Waals surface area (Å²) < 4.78 is 24.2. The highest BCUT2D eigenvalue weighted by molar-refractivity contribution is 5.56. The lowest BCUT2D eigenvalue weighted by Crippen LogP contribution is -2.25. The van der Waals surface area contributed by atoms with Crippen LogP contribution < -0.4 is 15.2 Å². The largest absolute Gasteiger partial charge is 0.491 e. The fraction of sp³-hybridized carbons (Fsp3) is 0.500. The number of anilines is 1. The van der Waals surface area contributed by atoms with E-state index in [1.165, 1.54) is 18.6 Å². The molecule has 16 heavy (non-hydrogen) atoms. The van der Waals surface area contributed by atoms with Crippen molar-refractivity contribution in [1.82, 2.24) is 0 Å². The summed E-state index contributed by atoms with van der Waals surface area (Å²) >= 11 is 0. The Balaban J connectivity index is 2.18. The van der Waals surface area contributed by atoms with Gasteiger partial charge in [0.05, 0.1) is 18.4 Å². The van der Waals surface area contributed by atoms with E-state index in [0.717, 1.165) is 12.8 Å². The predicted molar refractivity (Wildman–Crippen MR) is 60.2 cm³/mol. The Bertz CT molecular complexity index is 378. The molecule has 0 atom stereocenters. The molecule has 2 rings (SSSR count). The van der Waals surface area contributed by atoms with E-state index in [1.807, 2.05) is 6.92 Å². The van der Waals surface area contributed by atoms with Gasteiger partial charge in [0.15, 0.2) is 11.6 Å². The van der Waals surface area contributed by atoms with Gasteiger partial charge in [-0.15, -0.1) is 0 Å². The van der Waals surface area contributed by atoms with Crippen LogP contribution in [0.15, 0.2) is 12.1 Å². The maximum Gasteiger partial charge on any atom is 0.167 e. The number of nitrogens with two attached hydrogens (primary N) is 1. The quantitative estimate of drug-likeness (QED) is 0.801. The van der Waals surface area contributed by atoms with Gasteiger partial charge in [0.2, 0.25) is 0 Å². The third-order valence-corrected chi connectivity index (χ3v) is 2.71. The Morgan fingerprint density at radius 1 is 1.38 bits per heavy atom. The van der Waals surface area contributed by atoms with Gasteiger partial charge < -0.3 is 15.2 Å². The number of ether oxygens (including phenoxy) is 2. The summed E-state index contributed by atoms with van der Waals surface area (Å²) in [7, 11) is 0. The van der Waals surface area contributed by atoms with E-state index in [9.17, 15) is 4.39 Å². The molecule has 0 aromatic heterocycles. The highest BCUT2D eigenvalue weighted by Gasteiger charge is 2.21. The molecular formula is C12H16FNO2. The van der Waals surface area contributed by atoms with Gasteiger partial charge >= 0.3 is 0 Å². The SMILES string of the molecule is CCOc1cc(OC2CCC2)c(N)cc1F. The first-order valence-electron chi connectivity index (χ1n) is 5.59. The summed E-state index contributed by atoms with van der Waals surface area (Å²) in [5, 5.41) is 0.